The number of carbonyl (C=O) groups is 2. The smallest absolute Gasteiger partial charge is 0.407 e. The van der Waals surface area contributed by atoms with Gasteiger partial charge in [0.05, 0.1) is 30.3 Å². The molecule has 1 saturated heterocycles. The number of hydrogen-bond acceptors (Lipinski definition) is 8. The standard InChI is InChI=1S/C36H61NO8/c1-18(2)14-23(37-31(41)45-32(7,8)9)20(4)30(40)44-24-16-36(42)22(6)28-34(12)17-43-25(34)15-19(3)35(28,13)29(39)27(38)26(21(24)5)33(36,10)11/h18-20,22-25,27-29,38-39,42H,14-17H2,1-13H3,(H,37,41)/t19-,20+,22-,23-,24?,25+,27-,28+,29-,34+,35+,36+/m0/s1. The Labute approximate surface area is 270 Å². The first-order valence-corrected chi connectivity index (χ1v) is 17.0. The molecule has 0 aromatic heterocycles. The van der Waals surface area contributed by atoms with Gasteiger partial charge in [0.15, 0.2) is 0 Å². The number of aliphatic hydroxyl groups excluding tert-OH is 2. The molecule has 258 valence electrons. The zero-order valence-electron chi connectivity index (χ0n) is 30.0. The highest BCUT2D eigenvalue weighted by molar-refractivity contribution is 5.75. The molecule has 12 atom stereocenters. The summed E-state index contributed by atoms with van der Waals surface area (Å²) in [7, 11) is 0. The minimum atomic E-state index is -1.37. The van der Waals surface area contributed by atoms with Crippen molar-refractivity contribution in [3.8, 4) is 0 Å². The molecule has 4 rings (SSSR count). The van der Waals surface area contributed by atoms with Crippen LogP contribution >= 0.6 is 0 Å². The second-order valence-corrected chi connectivity index (χ2v) is 17.4. The minimum Gasteiger partial charge on any atom is -0.457 e. The summed E-state index contributed by atoms with van der Waals surface area (Å²) in [5.41, 5.74) is -2.73. The third-order valence-corrected chi connectivity index (χ3v) is 12.6. The lowest BCUT2D eigenvalue weighted by molar-refractivity contribution is -0.318. The molecular formula is C36H61NO8. The van der Waals surface area contributed by atoms with Crippen LogP contribution in [-0.4, -0.2) is 75.6 Å². The maximum Gasteiger partial charge on any atom is 0.407 e. The van der Waals surface area contributed by atoms with Gasteiger partial charge in [-0.3, -0.25) is 4.79 Å². The average molecular weight is 636 g/mol. The lowest BCUT2D eigenvalue weighted by atomic mass is 9.39. The van der Waals surface area contributed by atoms with Crippen LogP contribution < -0.4 is 5.32 Å². The van der Waals surface area contributed by atoms with Gasteiger partial charge in [-0.05, 0) is 82.3 Å². The van der Waals surface area contributed by atoms with E-state index in [9.17, 15) is 24.9 Å². The zero-order valence-corrected chi connectivity index (χ0v) is 30.0. The van der Waals surface area contributed by atoms with Gasteiger partial charge in [0.2, 0.25) is 0 Å². The van der Waals surface area contributed by atoms with Crippen molar-refractivity contribution in [2.24, 2.45) is 45.8 Å². The summed E-state index contributed by atoms with van der Waals surface area (Å²) >= 11 is 0. The van der Waals surface area contributed by atoms with Crippen molar-refractivity contribution in [2.45, 2.75) is 151 Å². The zero-order chi connectivity index (χ0) is 34.2. The third-order valence-electron chi connectivity index (χ3n) is 12.6. The average Bonchev–Trinajstić information content (AvgIpc) is 2.89. The van der Waals surface area contributed by atoms with Gasteiger partial charge in [0, 0.05) is 28.7 Å². The molecule has 0 spiro atoms. The van der Waals surface area contributed by atoms with Crippen LogP contribution in [-0.2, 0) is 19.0 Å². The Morgan fingerprint density at radius 1 is 1.09 bits per heavy atom. The molecular weight excluding hydrogens is 574 g/mol. The number of aliphatic hydroxyl groups is 3. The lowest BCUT2D eigenvalue weighted by Crippen LogP contribution is -2.74. The molecule has 1 heterocycles. The van der Waals surface area contributed by atoms with E-state index in [1.807, 2.05) is 34.6 Å². The Kier molecular flexibility index (Phi) is 9.47. The van der Waals surface area contributed by atoms with Crippen LogP contribution in [0.3, 0.4) is 0 Å². The number of nitrogens with one attached hydrogen (secondary N) is 1. The van der Waals surface area contributed by atoms with E-state index >= 15 is 0 Å². The molecule has 2 saturated carbocycles. The first-order chi connectivity index (χ1) is 20.4. The van der Waals surface area contributed by atoms with Crippen LogP contribution in [0.2, 0.25) is 0 Å². The molecule has 9 heteroatoms. The monoisotopic (exact) mass is 635 g/mol. The van der Waals surface area contributed by atoms with Gasteiger partial charge >= 0.3 is 12.1 Å². The molecule has 1 aliphatic heterocycles. The maximum atomic E-state index is 13.8. The third kappa shape index (κ3) is 5.76. The van der Waals surface area contributed by atoms with Crippen LogP contribution in [0, 0.1) is 45.8 Å². The predicted octanol–water partition coefficient (Wildman–Crippen LogP) is 5.39. The SMILES string of the molecule is CC1=C2[C@H](O)[C@H](O)[C@@]3(C)[C@H]([C@H](C)[C@](O)(CC1OC(=O)[C@H](C)[C@H](CC(C)C)NC(=O)OC(C)(C)C)C2(C)C)[C@]1(C)CO[C@@H]1C[C@@H]3C. The summed E-state index contributed by atoms with van der Waals surface area (Å²) in [5, 5.41) is 40.0. The fourth-order valence-electron chi connectivity index (χ4n) is 9.89. The maximum absolute atomic E-state index is 13.8. The molecule has 9 nitrogen and oxygen atoms in total. The summed E-state index contributed by atoms with van der Waals surface area (Å²) in [6.45, 7) is 25.9. The van der Waals surface area contributed by atoms with Gasteiger partial charge in [-0.2, -0.15) is 0 Å². The molecule has 4 aliphatic rings. The normalized spacial score (nSPS) is 42.3. The Balaban J connectivity index is 1.72. The number of hydrogen-bond donors (Lipinski definition) is 4. The quantitative estimate of drug-likeness (QED) is 0.226. The van der Waals surface area contributed by atoms with Gasteiger partial charge in [-0.1, -0.05) is 55.4 Å². The molecule has 2 bridgehead atoms. The minimum absolute atomic E-state index is 0.0219. The summed E-state index contributed by atoms with van der Waals surface area (Å²) in [4.78, 5) is 26.5. The molecule has 0 aromatic carbocycles. The van der Waals surface area contributed by atoms with Crippen LogP contribution in [0.1, 0.15) is 109 Å². The van der Waals surface area contributed by atoms with Crippen molar-refractivity contribution in [1.29, 1.82) is 0 Å². The van der Waals surface area contributed by atoms with Gasteiger partial charge in [0.25, 0.3) is 0 Å². The van der Waals surface area contributed by atoms with Crippen molar-refractivity contribution in [1.82, 2.24) is 5.32 Å². The van der Waals surface area contributed by atoms with E-state index in [1.54, 1.807) is 27.7 Å². The van der Waals surface area contributed by atoms with E-state index in [-0.39, 0.29) is 41.6 Å². The number of amides is 1. The first kappa shape index (κ1) is 36.2. The highest BCUT2D eigenvalue weighted by atomic mass is 16.6. The van der Waals surface area contributed by atoms with E-state index in [4.69, 9.17) is 14.2 Å². The number of rotatable bonds is 6. The van der Waals surface area contributed by atoms with Crippen LogP contribution in [0.5, 0.6) is 0 Å². The number of carbonyl (C=O) groups excluding carboxylic acids is 2. The second kappa shape index (κ2) is 11.8. The number of fused-ring (bicyclic) bond motifs is 5. The van der Waals surface area contributed by atoms with Gasteiger partial charge in [-0.25, -0.2) is 4.79 Å². The Morgan fingerprint density at radius 3 is 2.20 bits per heavy atom. The summed E-state index contributed by atoms with van der Waals surface area (Å²) < 4.78 is 17.8. The van der Waals surface area contributed by atoms with Crippen molar-refractivity contribution in [3.63, 3.8) is 0 Å². The fourth-order valence-corrected chi connectivity index (χ4v) is 9.89. The summed E-state index contributed by atoms with van der Waals surface area (Å²) in [5.74, 6) is -1.44. The molecule has 0 radical (unpaired) electrons. The first-order valence-electron chi connectivity index (χ1n) is 17.0. The van der Waals surface area contributed by atoms with E-state index < -0.39 is 64.4 Å². The van der Waals surface area contributed by atoms with Gasteiger partial charge in [-0.15, -0.1) is 0 Å². The van der Waals surface area contributed by atoms with E-state index in [0.717, 1.165) is 6.42 Å². The molecule has 4 N–H and O–H groups in total. The van der Waals surface area contributed by atoms with Gasteiger partial charge < -0.3 is 34.8 Å². The van der Waals surface area contributed by atoms with E-state index in [1.165, 1.54) is 0 Å². The topological polar surface area (TPSA) is 135 Å². The second-order valence-electron chi connectivity index (χ2n) is 17.4. The Morgan fingerprint density at radius 2 is 1.69 bits per heavy atom. The number of ether oxygens (including phenoxy) is 3. The summed E-state index contributed by atoms with van der Waals surface area (Å²) in [6, 6.07) is -0.528. The highest BCUT2D eigenvalue weighted by Crippen LogP contribution is 2.68. The van der Waals surface area contributed by atoms with Gasteiger partial charge in [0.1, 0.15) is 17.8 Å². The van der Waals surface area contributed by atoms with Crippen molar-refractivity contribution in [3.05, 3.63) is 11.1 Å². The fraction of sp³-hybridized carbons (Fsp3) is 0.889. The highest BCUT2D eigenvalue weighted by Gasteiger charge is 2.72. The molecule has 45 heavy (non-hydrogen) atoms. The number of alkyl carbamates (subject to hydrolysis) is 1. The van der Waals surface area contributed by atoms with Crippen molar-refractivity contribution < 1.29 is 39.1 Å². The summed E-state index contributed by atoms with van der Waals surface area (Å²) in [6.07, 6.45) is -2.24. The Bertz CT molecular complexity index is 1190. The van der Waals surface area contributed by atoms with Crippen LogP contribution in [0.15, 0.2) is 11.1 Å². The van der Waals surface area contributed by atoms with Crippen molar-refractivity contribution >= 4 is 12.1 Å². The lowest BCUT2D eigenvalue weighted by Gasteiger charge is -2.70. The van der Waals surface area contributed by atoms with Crippen LogP contribution in [0.4, 0.5) is 4.79 Å². The number of esters is 1. The molecule has 0 aromatic rings. The van der Waals surface area contributed by atoms with E-state index in [2.05, 4.69) is 33.0 Å². The largest absolute Gasteiger partial charge is 0.457 e. The molecule has 3 aliphatic carbocycles. The molecule has 3 fully saturated rings. The van der Waals surface area contributed by atoms with Crippen molar-refractivity contribution in [2.75, 3.05) is 6.61 Å². The molecule has 1 amide bonds. The van der Waals surface area contributed by atoms with Crippen LogP contribution in [0.25, 0.3) is 0 Å². The van der Waals surface area contributed by atoms with E-state index in [0.29, 0.717) is 24.2 Å². The predicted molar refractivity (Wildman–Crippen MR) is 172 cm³/mol. The molecule has 1 unspecified atom stereocenters. The Hall–Kier alpha value is -1.68.